The highest BCUT2D eigenvalue weighted by atomic mass is 19.4. The molecule has 2 rings (SSSR count). The number of benzene rings is 1. The normalized spacial score (nSPS) is 11.8. The second kappa shape index (κ2) is 8.34. The molecule has 0 fully saturated rings. The van der Waals surface area contributed by atoms with Crippen LogP contribution in [-0.2, 0) is 12.6 Å². The number of alkyl halides is 3. The van der Waals surface area contributed by atoms with Crippen molar-refractivity contribution in [3.63, 3.8) is 0 Å². The van der Waals surface area contributed by atoms with E-state index in [4.69, 9.17) is 14.7 Å². The number of aliphatic imine (C=N–C) groups is 1. The van der Waals surface area contributed by atoms with Gasteiger partial charge < -0.3 is 9.47 Å². The van der Waals surface area contributed by atoms with E-state index in [1.807, 2.05) is 0 Å². The Morgan fingerprint density at radius 2 is 1.96 bits per heavy atom. The van der Waals surface area contributed by atoms with Crippen molar-refractivity contribution in [3.8, 4) is 17.8 Å². The molecule has 0 radical (unpaired) electrons. The van der Waals surface area contributed by atoms with Gasteiger partial charge in [0.15, 0.2) is 0 Å². The van der Waals surface area contributed by atoms with Crippen LogP contribution in [0, 0.1) is 18.4 Å². The maximum absolute atomic E-state index is 13.1. The van der Waals surface area contributed by atoms with Gasteiger partial charge in [0.1, 0.15) is 11.4 Å². The molecule has 26 heavy (non-hydrogen) atoms. The average molecular weight is 363 g/mol. The first-order chi connectivity index (χ1) is 12.3. The van der Waals surface area contributed by atoms with Crippen molar-refractivity contribution < 1.29 is 22.6 Å². The van der Waals surface area contributed by atoms with E-state index in [0.29, 0.717) is 11.3 Å². The third-order valence-electron chi connectivity index (χ3n) is 3.40. The minimum Gasteiger partial charge on any atom is -0.478 e. The second-order valence-electron chi connectivity index (χ2n) is 5.22. The molecule has 1 aromatic heterocycles. The van der Waals surface area contributed by atoms with Gasteiger partial charge in [0.05, 0.1) is 13.0 Å². The molecule has 0 atom stereocenters. The molecular weight excluding hydrogens is 347 g/mol. The predicted octanol–water partition coefficient (Wildman–Crippen LogP) is 4.31. The number of nitrogens with zero attached hydrogens (tertiary/aromatic N) is 3. The Balaban J connectivity index is 2.40. The molecule has 8 heteroatoms. The fraction of sp³-hybridized carbons (Fsp3) is 0.278. The largest absolute Gasteiger partial charge is 0.478 e. The van der Waals surface area contributed by atoms with Gasteiger partial charge in [-0.05, 0) is 37.6 Å². The molecule has 0 aliphatic carbocycles. The summed E-state index contributed by atoms with van der Waals surface area (Å²) >= 11 is 0. The van der Waals surface area contributed by atoms with E-state index in [2.05, 4.69) is 9.98 Å². The molecule has 1 aromatic carbocycles. The van der Waals surface area contributed by atoms with Crippen molar-refractivity contribution in [1.29, 1.82) is 5.26 Å². The van der Waals surface area contributed by atoms with Crippen LogP contribution in [0.3, 0.4) is 0 Å². The molecule has 0 aliphatic heterocycles. The summed E-state index contributed by atoms with van der Waals surface area (Å²) in [4.78, 5) is 7.12. The van der Waals surface area contributed by atoms with Crippen LogP contribution in [0.2, 0.25) is 0 Å². The Hall–Kier alpha value is -3.08. The van der Waals surface area contributed by atoms with Crippen molar-refractivity contribution in [2.45, 2.75) is 26.4 Å². The van der Waals surface area contributed by atoms with Crippen molar-refractivity contribution in [1.82, 2.24) is 4.98 Å². The zero-order valence-corrected chi connectivity index (χ0v) is 14.2. The summed E-state index contributed by atoms with van der Waals surface area (Å²) < 4.78 is 50.1. The SMILES string of the molecule is CCOc1nc(C(F)(F)F)cc(CC(=NC#N)Oc2ccccc2)c1C. The highest BCUT2D eigenvalue weighted by Gasteiger charge is 2.34. The highest BCUT2D eigenvalue weighted by Crippen LogP contribution is 2.32. The monoisotopic (exact) mass is 363 g/mol. The molecule has 0 bridgehead atoms. The summed E-state index contributed by atoms with van der Waals surface area (Å²) in [7, 11) is 0. The third-order valence-corrected chi connectivity index (χ3v) is 3.40. The van der Waals surface area contributed by atoms with Crippen LogP contribution in [0.15, 0.2) is 41.4 Å². The van der Waals surface area contributed by atoms with Crippen LogP contribution in [0.4, 0.5) is 13.2 Å². The van der Waals surface area contributed by atoms with Gasteiger partial charge in [-0.15, -0.1) is 4.99 Å². The fourth-order valence-corrected chi connectivity index (χ4v) is 2.18. The maximum atomic E-state index is 13.1. The molecule has 0 N–H and O–H groups in total. The van der Waals surface area contributed by atoms with Gasteiger partial charge in [0.25, 0.3) is 0 Å². The Morgan fingerprint density at radius 1 is 1.27 bits per heavy atom. The molecule has 0 saturated heterocycles. The average Bonchev–Trinajstić information content (AvgIpc) is 2.58. The Kier molecular flexibility index (Phi) is 6.17. The second-order valence-corrected chi connectivity index (χ2v) is 5.22. The first kappa shape index (κ1) is 19.2. The van der Waals surface area contributed by atoms with Gasteiger partial charge in [-0.25, -0.2) is 4.98 Å². The summed E-state index contributed by atoms with van der Waals surface area (Å²) in [5.41, 5.74) is -0.375. The van der Waals surface area contributed by atoms with E-state index in [9.17, 15) is 13.2 Å². The molecule has 5 nitrogen and oxygen atoms in total. The smallest absolute Gasteiger partial charge is 0.433 e. The molecule has 0 aliphatic rings. The molecule has 1 heterocycles. The molecule has 136 valence electrons. The summed E-state index contributed by atoms with van der Waals surface area (Å²) in [6, 6.07) is 9.46. The van der Waals surface area contributed by atoms with Crippen LogP contribution >= 0.6 is 0 Å². The lowest BCUT2D eigenvalue weighted by atomic mass is 10.1. The number of aromatic nitrogens is 1. The first-order valence-corrected chi connectivity index (χ1v) is 7.74. The van der Waals surface area contributed by atoms with E-state index in [1.165, 1.54) is 0 Å². The quantitative estimate of drug-likeness (QED) is 0.451. The molecular formula is C18H16F3N3O2. The number of nitriles is 1. The Morgan fingerprint density at radius 3 is 2.54 bits per heavy atom. The molecule has 0 saturated carbocycles. The number of ether oxygens (including phenoxy) is 2. The van der Waals surface area contributed by atoms with Crippen LogP contribution in [0.25, 0.3) is 0 Å². The number of para-hydroxylation sites is 1. The first-order valence-electron chi connectivity index (χ1n) is 7.74. The van der Waals surface area contributed by atoms with E-state index in [-0.39, 0.29) is 30.4 Å². The van der Waals surface area contributed by atoms with Crippen LogP contribution < -0.4 is 9.47 Å². The number of rotatable bonds is 5. The van der Waals surface area contributed by atoms with E-state index >= 15 is 0 Å². The summed E-state index contributed by atoms with van der Waals surface area (Å²) in [6.07, 6.45) is -3.13. The number of halogens is 3. The number of pyridine rings is 1. The predicted molar refractivity (Wildman–Crippen MR) is 89.0 cm³/mol. The number of hydrogen-bond acceptors (Lipinski definition) is 5. The van der Waals surface area contributed by atoms with Gasteiger partial charge in [0, 0.05) is 5.56 Å². The minimum absolute atomic E-state index is 0.0245. The van der Waals surface area contributed by atoms with E-state index in [1.54, 1.807) is 50.4 Å². The van der Waals surface area contributed by atoms with Gasteiger partial charge in [0.2, 0.25) is 18.0 Å². The fourth-order valence-electron chi connectivity index (χ4n) is 2.18. The molecule has 0 unspecified atom stereocenters. The van der Waals surface area contributed by atoms with E-state index < -0.39 is 11.9 Å². The lowest BCUT2D eigenvalue weighted by Gasteiger charge is -2.15. The van der Waals surface area contributed by atoms with E-state index in [0.717, 1.165) is 6.07 Å². The van der Waals surface area contributed by atoms with Crippen molar-refractivity contribution >= 4 is 5.90 Å². The van der Waals surface area contributed by atoms with Crippen LogP contribution in [0.5, 0.6) is 11.6 Å². The molecule has 0 amide bonds. The topological polar surface area (TPSA) is 67.5 Å². The zero-order chi connectivity index (χ0) is 19.2. The molecule has 2 aromatic rings. The van der Waals surface area contributed by atoms with Gasteiger partial charge in [-0.2, -0.15) is 18.4 Å². The highest BCUT2D eigenvalue weighted by molar-refractivity contribution is 5.82. The van der Waals surface area contributed by atoms with Crippen molar-refractivity contribution in [2.24, 2.45) is 4.99 Å². The Labute approximate surface area is 148 Å². The minimum atomic E-state index is -4.62. The Bertz CT molecular complexity index is 828. The van der Waals surface area contributed by atoms with Crippen LogP contribution in [0.1, 0.15) is 23.7 Å². The summed E-state index contributed by atoms with van der Waals surface area (Å²) in [5, 5.41) is 8.85. The standard InChI is InChI=1S/C18H16F3N3O2/c1-3-25-17-12(2)13(9-15(24-17)18(19,20)21)10-16(23-11-22)26-14-7-5-4-6-8-14/h4-9H,3,10H2,1-2H3. The number of hydrogen-bond donors (Lipinski definition) is 0. The van der Waals surface area contributed by atoms with Gasteiger partial charge in [-0.3, -0.25) is 0 Å². The lowest BCUT2D eigenvalue weighted by molar-refractivity contribution is -0.141. The van der Waals surface area contributed by atoms with Gasteiger partial charge >= 0.3 is 6.18 Å². The molecule has 0 spiro atoms. The van der Waals surface area contributed by atoms with Crippen molar-refractivity contribution in [3.05, 3.63) is 53.2 Å². The van der Waals surface area contributed by atoms with Crippen molar-refractivity contribution in [2.75, 3.05) is 6.61 Å². The maximum Gasteiger partial charge on any atom is 0.433 e. The van der Waals surface area contributed by atoms with Gasteiger partial charge in [-0.1, -0.05) is 18.2 Å². The summed E-state index contributed by atoms with van der Waals surface area (Å²) in [6.45, 7) is 3.43. The zero-order valence-electron chi connectivity index (χ0n) is 14.2. The summed E-state index contributed by atoms with van der Waals surface area (Å²) in [5.74, 6) is 0.297. The lowest BCUT2D eigenvalue weighted by Crippen LogP contribution is -2.16. The van der Waals surface area contributed by atoms with Crippen LogP contribution in [-0.4, -0.2) is 17.5 Å². The third kappa shape index (κ3) is 4.96.